The van der Waals surface area contributed by atoms with Gasteiger partial charge in [0.25, 0.3) is 0 Å². The first-order valence-electron chi connectivity index (χ1n) is 19.3. The molecule has 2 heterocycles. The van der Waals surface area contributed by atoms with Gasteiger partial charge in [0.05, 0.1) is 22.1 Å². The van der Waals surface area contributed by atoms with E-state index in [2.05, 4.69) is 182 Å². The summed E-state index contributed by atoms with van der Waals surface area (Å²) in [4.78, 5) is 10.4. The van der Waals surface area contributed by atoms with E-state index in [4.69, 9.17) is 9.97 Å². The Labute approximate surface area is 321 Å². The molecule has 11 aromatic carbocycles. The number of para-hydroxylation sites is 4. The van der Waals surface area contributed by atoms with Crippen LogP contribution in [0, 0.1) is 0 Å². The third-order valence-electron chi connectivity index (χ3n) is 12.3. The molecule has 0 radical (unpaired) electrons. The Morgan fingerprint density at radius 3 is 0.893 bits per heavy atom. The Balaban J connectivity index is 1.36. The van der Waals surface area contributed by atoms with E-state index in [0.717, 1.165) is 43.6 Å². The normalized spacial score (nSPS) is 12.3. The van der Waals surface area contributed by atoms with Gasteiger partial charge < -0.3 is 0 Å². The summed E-state index contributed by atoms with van der Waals surface area (Å²) in [5.74, 6) is 0. The first-order chi connectivity index (χ1) is 27.8. The lowest BCUT2D eigenvalue weighted by molar-refractivity contribution is 1.50. The summed E-state index contributed by atoms with van der Waals surface area (Å²) >= 11 is 0. The van der Waals surface area contributed by atoms with Gasteiger partial charge in [-0.15, -0.1) is 0 Å². The molecule has 2 aromatic heterocycles. The average Bonchev–Trinajstić information content (AvgIpc) is 3.26. The summed E-state index contributed by atoms with van der Waals surface area (Å²) < 4.78 is 0. The third kappa shape index (κ3) is 3.95. The van der Waals surface area contributed by atoms with Crippen molar-refractivity contribution >= 4 is 108 Å². The molecule has 2 heteroatoms. The number of hydrogen-bond acceptors (Lipinski definition) is 2. The summed E-state index contributed by atoms with van der Waals surface area (Å²) in [6.07, 6.45) is 0. The maximum absolute atomic E-state index is 5.19. The van der Waals surface area contributed by atoms with Crippen LogP contribution >= 0.6 is 0 Å². The molecule has 0 unspecified atom stereocenters. The lowest BCUT2D eigenvalue weighted by Gasteiger charge is -2.23. The summed E-state index contributed by atoms with van der Waals surface area (Å²) in [6, 6.07) is 66.9. The van der Waals surface area contributed by atoms with E-state index in [1.165, 1.54) is 86.9 Å². The summed E-state index contributed by atoms with van der Waals surface area (Å²) in [5.41, 5.74) is 8.91. The van der Waals surface area contributed by atoms with Crippen LogP contribution in [-0.4, -0.2) is 9.97 Å². The second-order valence-corrected chi connectivity index (χ2v) is 15.2. The van der Waals surface area contributed by atoms with Crippen molar-refractivity contribution in [2.24, 2.45) is 0 Å². The van der Waals surface area contributed by atoms with Crippen LogP contribution in [0.2, 0.25) is 0 Å². The molecule has 56 heavy (non-hydrogen) atoms. The lowest BCUT2D eigenvalue weighted by atomic mass is 9.80. The number of benzene rings is 11. The molecule has 0 aliphatic rings. The molecular formula is C54H30N2. The van der Waals surface area contributed by atoms with Crippen LogP contribution in [-0.2, 0) is 0 Å². The molecule has 2 nitrogen and oxygen atoms in total. The highest BCUT2D eigenvalue weighted by atomic mass is 14.7. The number of aromatic nitrogens is 2. The van der Waals surface area contributed by atoms with Crippen LogP contribution in [0.25, 0.3) is 131 Å². The van der Waals surface area contributed by atoms with E-state index in [1.807, 2.05) is 0 Å². The third-order valence-corrected chi connectivity index (χ3v) is 12.3. The topological polar surface area (TPSA) is 25.8 Å². The minimum Gasteiger partial charge on any atom is -0.248 e. The Morgan fingerprint density at radius 2 is 0.518 bits per heavy atom. The van der Waals surface area contributed by atoms with Crippen molar-refractivity contribution in [2.45, 2.75) is 0 Å². The highest BCUT2D eigenvalue weighted by Gasteiger charge is 2.24. The molecule has 0 amide bonds. The van der Waals surface area contributed by atoms with Crippen molar-refractivity contribution in [1.29, 1.82) is 0 Å². The van der Waals surface area contributed by atoms with E-state index in [9.17, 15) is 0 Å². The van der Waals surface area contributed by atoms with Crippen LogP contribution in [0.3, 0.4) is 0 Å². The highest BCUT2D eigenvalue weighted by molar-refractivity contribution is 6.38. The van der Waals surface area contributed by atoms with Gasteiger partial charge >= 0.3 is 0 Å². The van der Waals surface area contributed by atoms with Crippen molar-refractivity contribution in [2.75, 3.05) is 0 Å². The zero-order valence-electron chi connectivity index (χ0n) is 30.2. The van der Waals surface area contributed by atoms with E-state index >= 15 is 0 Å². The first kappa shape index (κ1) is 30.0. The second kappa shape index (κ2) is 11.1. The molecule has 0 spiro atoms. The molecule has 0 saturated carbocycles. The van der Waals surface area contributed by atoms with E-state index in [0.29, 0.717) is 0 Å². The fraction of sp³-hybridized carbons (Fsp3) is 0. The molecular weight excluding hydrogens is 677 g/mol. The van der Waals surface area contributed by atoms with E-state index < -0.39 is 0 Å². The number of rotatable bonds is 2. The van der Waals surface area contributed by atoms with Gasteiger partial charge in [0.1, 0.15) is 0 Å². The fourth-order valence-corrected chi connectivity index (χ4v) is 10.0. The van der Waals surface area contributed by atoms with Crippen LogP contribution < -0.4 is 0 Å². The largest absolute Gasteiger partial charge is 0.248 e. The Kier molecular flexibility index (Phi) is 5.92. The molecule has 0 N–H and O–H groups in total. The monoisotopic (exact) mass is 706 g/mol. The lowest BCUT2D eigenvalue weighted by Crippen LogP contribution is -1.96. The van der Waals surface area contributed by atoms with Crippen molar-refractivity contribution < 1.29 is 0 Å². The smallest absolute Gasteiger partial charge is 0.0715 e. The predicted octanol–water partition coefficient (Wildman–Crippen LogP) is 14.8. The van der Waals surface area contributed by atoms with Gasteiger partial charge in [-0.2, -0.15) is 0 Å². The Hall–Kier alpha value is -7.42. The molecule has 13 rings (SSSR count). The SMILES string of the molecule is c1ccc2c(-c3c4ccccc4c(-c4c5ccccc5nc5ccccc45)c4cc5c(cc34)c3cccc4ccc6cccc5c6c43)c3ccccc3nc2c1. The van der Waals surface area contributed by atoms with Crippen molar-refractivity contribution in [3.05, 3.63) is 182 Å². The molecule has 256 valence electrons. The summed E-state index contributed by atoms with van der Waals surface area (Å²) in [6.45, 7) is 0. The molecule has 0 fully saturated rings. The molecule has 0 saturated heterocycles. The van der Waals surface area contributed by atoms with E-state index in [1.54, 1.807) is 0 Å². The van der Waals surface area contributed by atoms with Crippen molar-refractivity contribution in [1.82, 2.24) is 9.97 Å². The van der Waals surface area contributed by atoms with Crippen LogP contribution in [0.1, 0.15) is 0 Å². The Morgan fingerprint density at radius 1 is 0.214 bits per heavy atom. The van der Waals surface area contributed by atoms with Gasteiger partial charge in [0, 0.05) is 32.7 Å². The number of pyridine rings is 2. The highest BCUT2D eigenvalue weighted by Crippen LogP contribution is 2.52. The first-order valence-corrected chi connectivity index (χ1v) is 19.3. The Bertz CT molecular complexity index is 3460. The zero-order valence-corrected chi connectivity index (χ0v) is 30.2. The van der Waals surface area contributed by atoms with Crippen LogP contribution in [0.5, 0.6) is 0 Å². The van der Waals surface area contributed by atoms with E-state index in [-0.39, 0.29) is 0 Å². The van der Waals surface area contributed by atoms with Crippen LogP contribution in [0.4, 0.5) is 0 Å². The second-order valence-electron chi connectivity index (χ2n) is 15.2. The molecule has 0 atom stereocenters. The number of fused-ring (bicyclic) bond motifs is 9. The summed E-state index contributed by atoms with van der Waals surface area (Å²) in [5, 5.41) is 19.8. The molecule has 13 aromatic rings. The summed E-state index contributed by atoms with van der Waals surface area (Å²) in [7, 11) is 0. The molecule has 0 aliphatic carbocycles. The molecule has 0 aliphatic heterocycles. The van der Waals surface area contributed by atoms with Gasteiger partial charge in [-0.05, 0) is 112 Å². The zero-order chi connectivity index (χ0) is 36.5. The minimum atomic E-state index is 0.997. The quantitative estimate of drug-likeness (QED) is 0.132. The van der Waals surface area contributed by atoms with Crippen LogP contribution in [0.15, 0.2) is 182 Å². The van der Waals surface area contributed by atoms with Crippen molar-refractivity contribution in [3.63, 3.8) is 0 Å². The van der Waals surface area contributed by atoms with Gasteiger partial charge in [0.15, 0.2) is 0 Å². The number of nitrogens with zero attached hydrogens (tertiary/aromatic N) is 2. The molecule has 0 bridgehead atoms. The van der Waals surface area contributed by atoms with Gasteiger partial charge in [-0.3, -0.25) is 0 Å². The van der Waals surface area contributed by atoms with Crippen molar-refractivity contribution in [3.8, 4) is 22.3 Å². The van der Waals surface area contributed by atoms with Gasteiger partial charge in [-0.1, -0.05) is 146 Å². The van der Waals surface area contributed by atoms with Gasteiger partial charge in [0.2, 0.25) is 0 Å². The number of hydrogen-bond donors (Lipinski definition) is 0. The predicted molar refractivity (Wildman–Crippen MR) is 239 cm³/mol. The minimum absolute atomic E-state index is 0.997. The fourth-order valence-electron chi connectivity index (χ4n) is 10.0. The van der Waals surface area contributed by atoms with Gasteiger partial charge in [-0.25, -0.2) is 9.97 Å². The standard InChI is InChI=1S/C54H30N2/c1-2-16-34-33(15-1)51(53-37-17-3-7-23-45(37)55-46-24-8-4-18-38(46)53)43-29-41-35-21-11-13-31-27-28-32-14-12-22-36(50(32)49(31)35)42(41)30-44(43)52(34)54-39-19-5-9-25-47(39)56-48-26-10-6-20-40(48)54/h1-30H. The average molecular weight is 707 g/mol. The maximum atomic E-state index is 5.19. The maximum Gasteiger partial charge on any atom is 0.0715 e.